The number of nitrogens with zero attached hydrogens (tertiary/aromatic N) is 3. The second-order valence-electron chi connectivity index (χ2n) is 8.69. The predicted octanol–water partition coefficient (Wildman–Crippen LogP) is 3.80. The summed E-state index contributed by atoms with van der Waals surface area (Å²) in [6, 6.07) is 0. The van der Waals surface area contributed by atoms with E-state index >= 15 is 0 Å². The molecule has 1 aliphatic rings. The van der Waals surface area contributed by atoms with Gasteiger partial charge in [0, 0.05) is 30.9 Å². The zero-order chi connectivity index (χ0) is 18.7. The average molecular weight is 367 g/mol. The van der Waals surface area contributed by atoms with Crippen LogP contribution in [0.1, 0.15) is 65.1 Å². The molecule has 0 bridgehead atoms. The highest BCUT2D eigenvalue weighted by Gasteiger charge is 2.25. The van der Waals surface area contributed by atoms with E-state index in [4.69, 9.17) is 9.72 Å². The number of nitrogens with one attached hydrogen (secondary N) is 1. The molecule has 5 nitrogen and oxygen atoms in total. The van der Waals surface area contributed by atoms with Gasteiger partial charge in [-0.25, -0.2) is 4.98 Å². The SMILES string of the molecule is CN=C(NCc1nc(C(C)(C)C)cs1)N1CCC(OC(C)(C)C)CC1. The number of aliphatic imine (C=N–C) groups is 1. The van der Waals surface area contributed by atoms with Crippen LogP contribution in [0.25, 0.3) is 0 Å². The normalized spacial score (nSPS) is 17.9. The van der Waals surface area contributed by atoms with Crippen molar-refractivity contribution in [2.24, 2.45) is 4.99 Å². The second kappa shape index (κ2) is 8.04. The molecule has 2 heterocycles. The van der Waals surface area contributed by atoms with Gasteiger partial charge in [-0.15, -0.1) is 11.3 Å². The lowest BCUT2D eigenvalue weighted by atomic mass is 9.93. The fourth-order valence-electron chi connectivity index (χ4n) is 2.91. The second-order valence-corrected chi connectivity index (χ2v) is 9.64. The topological polar surface area (TPSA) is 49.8 Å². The Morgan fingerprint density at radius 2 is 1.92 bits per heavy atom. The smallest absolute Gasteiger partial charge is 0.193 e. The Bertz CT molecular complexity index is 575. The highest BCUT2D eigenvalue weighted by Crippen LogP contribution is 2.24. The van der Waals surface area contributed by atoms with Crippen LogP contribution in [0.5, 0.6) is 0 Å². The van der Waals surface area contributed by atoms with E-state index in [9.17, 15) is 0 Å². The molecule has 1 aromatic rings. The summed E-state index contributed by atoms with van der Waals surface area (Å²) in [5.74, 6) is 0.960. The van der Waals surface area contributed by atoms with E-state index in [0.29, 0.717) is 6.10 Å². The van der Waals surface area contributed by atoms with Crippen molar-refractivity contribution in [3.05, 3.63) is 16.1 Å². The average Bonchev–Trinajstić information content (AvgIpc) is 2.97. The number of likely N-dealkylation sites (tertiary alicyclic amines) is 1. The van der Waals surface area contributed by atoms with Crippen molar-refractivity contribution in [3.8, 4) is 0 Å². The fraction of sp³-hybridized carbons (Fsp3) is 0.789. The maximum atomic E-state index is 6.11. The molecule has 0 amide bonds. The molecular formula is C19H34N4OS. The van der Waals surface area contributed by atoms with Crippen molar-refractivity contribution in [2.75, 3.05) is 20.1 Å². The third-order valence-corrected chi connectivity index (χ3v) is 5.04. The first-order valence-corrected chi connectivity index (χ1v) is 10.0. The summed E-state index contributed by atoms with van der Waals surface area (Å²) in [5.41, 5.74) is 1.19. The van der Waals surface area contributed by atoms with Crippen LogP contribution in [0, 0.1) is 0 Å². The highest BCUT2D eigenvalue weighted by molar-refractivity contribution is 7.09. The molecule has 0 spiro atoms. The first kappa shape index (κ1) is 20.2. The minimum atomic E-state index is -0.0671. The Morgan fingerprint density at radius 3 is 2.40 bits per heavy atom. The molecule has 0 saturated carbocycles. The Morgan fingerprint density at radius 1 is 1.28 bits per heavy atom. The zero-order valence-electron chi connectivity index (χ0n) is 16.8. The summed E-state index contributed by atoms with van der Waals surface area (Å²) < 4.78 is 6.11. The number of hydrogen-bond acceptors (Lipinski definition) is 4. The van der Waals surface area contributed by atoms with E-state index in [0.717, 1.165) is 49.1 Å². The standard InChI is InChI=1S/C19H34N4OS/c1-18(2,3)15-13-25-16(22-15)12-21-17(20-7)23-10-8-14(9-11-23)24-19(4,5)6/h13-14H,8-12H2,1-7H3,(H,20,21). The maximum Gasteiger partial charge on any atom is 0.193 e. The number of hydrogen-bond donors (Lipinski definition) is 1. The summed E-state index contributed by atoms with van der Waals surface area (Å²) in [6.45, 7) is 15.6. The number of guanidine groups is 1. The van der Waals surface area contributed by atoms with Crippen molar-refractivity contribution in [1.29, 1.82) is 0 Å². The molecule has 25 heavy (non-hydrogen) atoms. The Labute approximate surface area is 156 Å². The van der Waals surface area contributed by atoms with Crippen LogP contribution in [-0.4, -0.2) is 47.7 Å². The molecule has 0 radical (unpaired) electrons. The van der Waals surface area contributed by atoms with Crippen LogP contribution in [0.2, 0.25) is 0 Å². The largest absolute Gasteiger partial charge is 0.372 e. The molecule has 0 aliphatic carbocycles. The molecule has 1 saturated heterocycles. The number of rotatable bonds is 3. The van der Waals surface area contributed by atoms with Gasteiger partial charge in [-0.1, -0.05) is 20.8 Å². The van der Waals surface area contributed by atoms with E-state index in [-0.39, 0.29) is 11.0 Å². The van der Waals surface area contributed by atoms with Crippen molar-refractivity contribution < 1.29 is 4.74 Å². The van der Waals surface area contributed by atoms with Gasteiger partial charge < -0.3 is 15.0 Å². The molecular weight excluding hydrogens is 332 g/mol. The van der Waals surface area contributed by atoms with Gasteiger partial charge in [0.15, 0.2) is 5.96 Å². The van der Waals surface area contributed by atoms with Gasteiger partial charge in [0.05, 0.1) is 23.9 Å². The Balaban J connectivity index is 1.84. The van der Waals surface area contributed by atoms with Crippen LogP contribution in [-0.2, 0) is 16.7 Å². The summed E-state index contributed by atoms with van der Waals surface area (Å²) >= 11 is 1.72. The minimum absolute atomic E-state index is 0.0671. The van der Waals surface area contributed by atoms with Crippen LogP contribution >= 0.6 is 11.3 Å². The van der Waals surface area contributed by atoms with Crippen LogP contribution in [0.15, 0.2) is 10.4 Å². The van der Waals surface area contributed by atoms with E-state index in [1.807, 2.05) is 7.05 Å². The Kier molecular flexibility index (Phi) is 6.49. The lowest BCUT2D eigenvalue weighted by molar-refractivity contribution is -0.0772. The van der Waals surface area contributed by atoms with Crippen molar-refractivity contribution in [2.45, 2.75) is 78.0 Å². The number of aromatic nitrogens is 1. The van der Waals surface area contributed by atoms with Gasteiger partial charge >= 0.3 is 0 Å². The zero-order valence-corrected chi connectivity index (χ0v) is 17.7. The summed E-state index contributed by atoms with van der Waals surface area (Å²) in [4.78, 5) is 11.5. The third-order valence-electron chi connectivity index (χ3n) is 4.19. The number of thiazole rings is 1. The number of ether oxygens (including phenoxy) is 1. The van der Waals surface area contributed by atoms with Gasteiger partial charge in [0.2, 0.25) is 0 Å². The molecule has 1 fully saturated rings. The van der Waals surface area contributed by atoms with Gasteiger partial charge in [-0.3, -0.25) is 4.99 Å². The molecule has 1 N–H and O–H groups in total. The van der Waals surface area contributed by atoms with Gasteiger partial charge in [-0.2, -0.15) is 0 Å². The lowest BCUT2D eigenvalue weighted by Crippen LogP contribution is -2.47. The summed E-state index contributed by atoms with van der Waals surface area (Å²) in [5, 5.41) is 6.74. The monoisotopic (exact) mass is 366 g/mol. The predicted molar refractivity (Wildman–Crippen MR) is 106 cm³/mol. The van der Waals surface area contributed by atoms with Gasteiger partial charge in [-0.05, 0) is 33.6 Å². The van der Waals surface area contributed by atoms with E-state index in [2.05, 4.69) is 62.1 Å². The van der Waals surface area contributed by atoms with Crippen molar-refractivity contribution in [3.63, 3.8) is 0 Å². The van der Waals surface area contributed by atoms with Crippen LogP contribution < -0.4 is 5.32 Å². The Hall–Kier alpha value is -1.14. The lowest BCUT2D eigenvalue weighted by Gasteiger charge is -2.36. The third kappa shape index (κ3) is 6.26. The molecule has 1 aliphatic heterocycles. The summed E-state index contributed by atoms with van der Waals surface area (Å²) in [7, 11) is 1.85. The van der Waals surface area contributed by atoms with Crippen LogP contribution in [0.3, 0.4) is 0 Å². The van der Waals surface area contributed by atoms with Crippen molar-refractivity contribution >= 4 is 17.3 Å². The first-order chi connectivity index (χ1) is 11.6. The van der Waals surface area contributed by atoms with E-state index in [1.165, 1.54) is 0 Å². The highest BCUT2D eigenvalue weighted by atomic mass is 32.1. The molecule has 0 unspecified atom stereocenters. The first-order valence-electron chi connectivity index (χ1n) is 9.17. The van der Waals surface area contributed by atoms with E-state index in [1.54, 1.807) is 11.3 Å². The minimum Gasteiger partial charge on any atom is -0.372 e. The quantitative estimate of drug-likeness (QED) is 0.653. The molecule has 142 valence electrons. The number of piperidine rings is 1. The molecule has 2 rings (SSSR count). The molecule has 1 aromatic heterocycles. The fourth-order valence-corrected chi connectivity index (χ4v) is 3.87. The molecule has 0 aromatic carbocycles. The van der Waals surface area contributed by atoms with Crippen LogP contribution in [0.4, 0.5) is 0 Å². The van der Waals surface area contributed by atoms with E-state index < -0.39 is 0 Å². The van der Waals surface area contributed by atoms with Gasteiger partial charge in [0.1, 0.15) is 5.01 Å². The molecule has 0 atom stereocenters. The van der Waals surface area contributed by atoms with Crippen molar-refractivity contribution in [1.82, 2.24) is 15.2 Å². The molecule has 6 heteroatoms. The van der Waals surface area contributed by atoms with Gasteiger partial charge in [0.25, 0.3) is 0 Å². The maximum absolute atomic E-state index is 6.11. The summed E-state index contributed by atoms with van der Waals surface area (Å²) in [6.07, 6.45) is 2.44.